The number of hydrogen-bond acceptors (Lipinski definition) is 5. The van der Waals surface area contributed by atoms with Crippen molar-refractivity contribution >= 4 is 23.8 Å². The normalized spacial score (nSPS) is 11.4. The lowest BCUT2D eigenvalue weighted by Crippen LogP contribution is -2.40. The van der Waals surface area contributed by atoms with Gasteiger partial charge in [0.15, 0.2) is 0 Å². The van der Waals surface area contributed by atoms with E-state index in [-0.39, 0.29) is 38.7 Å². The number of carboxylic acids is 2. The Bertz CT molecular complexity index is 367. The zero-order chi connectivity index (χ0) is 15.5. The van der Waals surface area contributed by atoms with E-state index in [9.17, 15) is 19.2 Å². The molecule has 1 atom stereocenters. The first kappa shape index (κ1) is 17.9. The molecule has 0 spiro atoms. The molecule has 0 radical (unpaired) electrons. The zero-order valence-corrected chi connectivity index (χ0v) is 11.3. The Morgan fingerprint density at radius 1 is 1.10 bits per heavy atom. The van der Waals surface area contributed by atoms with Crippen LogP contribution in [0.2, 0.25) is 0 Å². The largest absolute Gasteiger partial charge is 0.481 e. The van der Waals surface area contributed by atoms with Gasteiger partial charge >= 0.3 is 17.9 Å². The molecule has 0 fully saturated rings. The second-order valence-electron chi connectivity index (χ2n) is 4.05. The maximum absolute atomic E-state index is 11.5. The second kappa shape index (κ2) is 9.76. The van der Waals surface area contributed by atoms with Crippen molar-refractivity contribution < 1.29 is 34.1 Å². The highest BCUT2D eigenvalue weighted by molar-refractivity contribution is 5.85. The van der Waals surface area contributed by atoms with Crippen LogP contribution in [0.1, 0.15) is 39.0 Å². The first-order valence-electron chi connectivity index (χ1n) is 6.26. The summed E-state index contributed by atoms with van der Waals surface area (Å²) in [5.41, 5.74) is 0. The number of aliphatic carboxylic acids is 2. The van der Waals surface area contributed by atoms with Crippen molar-refractivity contribution in [1.82, 2.24) is 5.32 Å². The summed E-state index contributed by atoms with van der Waals surface area (Å²) >= 11 is 0. The topological polar surface area (TPSA) is 130 Å². The molecule has 0 rings (SSSR count). The average molecular weight is 289 g/mol. The summed E-state index contributed by atoms with van der Waals surface area (Å²) in [4.78, 5) is 43.7. The van der Waals surface area contributed by atoms with Crippen molar-refractivity contribution in [3.05, 3.63) is 0 Å². The standard InChI is InChI=1S/C12H19NO7/c1-2-20-11(17)7-6-9(14)13-8(12(18)19)4-3-5-10(15)16/h8H,2-7H2,1H3,(H,13,14)(H,15,16)(H,18,19)/t8-/m1/s1. The summed E-state index contributed by atoms with van der Waals surface area (Å²) in [5, 5.41) is 19.6. The van der Waals surface area contributed by atoms with Gasteiger partial charge in [0.25, 0.3) is 0 Å². The van der Waals surface area contributed by atoms with Gasteiger partial charge in [-0.3, -0.25) is 14.4 Å². The first-order valence-corrected chi connectivity index (χ1v) is 6.26. The molecular weight excluding hydrogens is 270 g/mol. The van der Waals surface area contributed by atoms with Gasteiger partial charge < -0.3 is 20.3 Å². The molecule has 0 aliphatic rings. The molecule has 0 saturated carbocycles. The van der Waals surface area contributed by atoms with Crippen LogP contribution in [-0.2, 0) is 23.9 Å². The molecule has 0 aliphatic heterocycles. The van der Waals surface area contributed by atoms with Crippen molar-refractivity contribution in [3.63, 3.8) is 0 Å². The summed E-state index contributed by atoms with van der Waals surface area (Å²) in [6.07, 6.45) is -0.289. The number of carbonyl (C=O) groups is 4. The minimum absolute atomic E-state index is 0.0206. The van der Waals surface area contributed by atoms with Crippen LogP contribution < -0.4 is 5.32 Å². The van der Waals surface area contributed by atoms with Gasteiger partial charge in [0.1, 0.15) is 6.04 Å². The molecule has 1 amide bonds. The van der Waals surface area contributed by atoms with Crippen LogP contribution in [0.25, 0.3) is 0 Å². The molecule has 0 aromatic heterocycles. The van der Waals surface area contributed by atoms with E-state index in [1.807, 2.05) is 0 Å². The fourth-order valence-corrected chi connectivity index (χ4v) is 1.43. The van der Waals surface area contributed by atoms with E-state index in [0.717, 1.165) is 0 Å². The molecule has 0 aliphatic carbocycles. The maximum atomic E-state index is 11.5. The summed E-state index contributed by atoms with van der Waals surface area (Å²) in [5.74, 6) is -3.37. The molecular formula is C12H19NO7. The second-order valence-corrected chi connectivity index (χ2v) is 4.05. The number of ether oxygens (including phenoxy) is 1. The lowest BCUT2D eigenvalue weighted by atomic mass is 10.1. The maximum Gasteiger partial charge on any atom is 0.326 e. The summed E-state index contributed by atoms with van der Waals surface area (Å²) in [6.45, 7) is 1.86. The molecule has 0 aromatic carbocycles. The number of amides is 1. The molecule has 8 heteroatoms. The van der Waals surface area contributed by atoms with Gasteiger partial charge in [-0.2, -0.15) is 0 Å². The summed E-state index contributed by atoms with van der Waals surface area (Å²) in [6, 6.07) is -1.15. The van der Waals surface area contributed by atoms with Crippen molar-refractivity contribution in [2.45, 2.75) is 45.1 Å². The van der Waals surface area contributed by atoms with Crippen LogP contribution in [0.15, 0.2) is 0 Å². The molecule has 0 unspecified atom stereocenters. The molecule has 0 heterocycles. The number of hydrogen-bond donors (Lipinski definition) is 3. The average Bonchev–Trinajstić information content (AvgIpc) is 2.35. The predicted molar refractivity (Wildman–Crippen MR) is 66.9 cm³/mol. The van der Waals surface area contributed by atoms with Crippen LogP contribution in [0.4, 0.5) is 0 Å². The Morgan fingerprint density at radius 3 is 2.25 bits per heavy atom. The number of carbonyl (C=O) groups excluding carboxylic acids is 2. The van der Waals surface area contributed by atoms with Gasteiger partial charge in [0.2, 0.25) is 5.91 Å². The van der Waals surface area contributed by atoms with Crippen molar-refractivity contribution in [3.8, 4) is 0 Å². The van der Waals surface area contributed by atoms with Gasteiger partial charge in [-0.1, -0.05) is 0 Å². The zero-order valence-electron chi connectivity index (χ0n) is 11.3. The lowest BCUT2D eigenvalue weighted by Gasteiger charge is -2.13. The third-order valence-electron chi connectivity index (χ3n) is 2.38. The smallest absolute Gasteiger partial charge is 0.326 e. The fraction of sp³-hybridized carbons (Fsp3) is 0.667. The molecule has 3 N–H and O–H groups in total. The minimum atomic E-state index is -1.24. The van der Waals surface area contributed by atoms with E-state index in [2.05, 4.69) is 10.1 Å². The molecule has 114 valence electrons. The Balaban J connectivity index is 4.10. The van der Waals surface area contributed by atoms with Crippen molar-refractivity contribution in [1.29, 1.82) is 0 Å². The molecule has 20 heavy (non-hydrogen) atoms. The van der Waals surface area contributed by atoms with E-state index in [4.69, 9.17) is 10.2 Å². The van der Waals surface area contributed by atoms with Crippen LogP contribution in [0.5, 0.6) is 0 Å². The van der Waals surface area contributed by atoms with E-state index in [1.54, 1.807) is 6.92 Å². The van der Waals surface area contributed by atoms with E-state index >= 15 is 0 Å². The Morgan fingerprint density at radius 2 is 1.75 bits per heavy atom. The van der Waals surface area contributed by atoms with Gasteiger partial charge in [-0.05, 0) is 19.8 Å². The molecule has 0 bridgehead atoms. The Kier molecular flexibility index (Phi) is 8.73. The number of esters is 1. The van der Waals surface area contributed by atoms with Crippen molar-refractivity contribution in [2.75, 3.05) is 6.61 Å². The van der Waals surface area contributed by atoms with E-state index in [0.29, 0.717) is 0 Å². The highest BCUT2D eigenvalue weighted by atomic mass is 16.5. The van der Waals surface area contributed by atoms with Gasteiger partial charge in [0, 0.05) is 12.8 Å². The van der Waals surface area contributed by atoms with Crippen LogP contribution in [-0.4, -0.2) is 46.7 Å². The molecule has 0 saturated heterocycles. The predicted octanol–water partition coefficient (Wildman–Crippen LogP) is 0.154. The van der Waals surface area contributed by atoms with Gasteiger partial charge in [-0.25, -0.2) is 4.79 Å². The van der Waals surface area contributed by atoms with Gasteiger partial charge in [0.05, 0.1) is 13.0 Å². The van der Waals surface area contributed by atoms with E-state index < -0.39 is 29.9 Å². The van der Waals surface area contributed by atoms with Crippen LogP contribution >= 0.6 is 0 Å². The third kappa shape index (κ3) is 8.90. The summed E-state index contributed by atoms with van der Waals surface area (Å²) < 4.78 is 4.64. The molecule has 8 nitrogen and oxygen atoms in total. The lowest BCUT2D eigenvalue weighted by molar-refractivity contribution is -0.145. The first-order chi connectivity index (χ1) is 9.36. The number of nitrogens with one attached hydrogen (secondary N) is 1. The number of carboxylic acid groups (broad SMARTS) is 2. The van der Waals surface area contributed by atoms with Crippen LogP contribution in [0.3, 0.4) is 0 Å². The number of rotatable bonds is 10. The quantitative estimate of drug-likeness (QED) is 0.488. The van der Waals surface area contributed by atoms with Crippen LogP contribution in [0, 0.1) is 0 Å². The Hall–Kier alpha value is -2.12. The fourth-order valence-electron chi connectivity index (χ4n) is 1.43. The monoisotopic (exact) mass is 289 g/mol. The SMILES string of the molecule is CCOC(=O)CCC(=O)N[C@H](CCCC(=O)O)C(=O)O. The van der Waals surface area contributed by atoms with Crippen molar-refractivity contribution in [2.24, 2.45) is 0 Å². The Labute approximate surface area is 116 Å². The highest BCUT2D eigenvalue weighted by Gasteiger charge is 2.20. The highest BCUT2D eigenvalue weighted by Crippen LogP contribution is 2.03. The van der Waals surface area contributed by atoms with E-state index in [1.165, 1.54) is 0 Å². The van der Waals surface area contributed by atoms with Gasteiger partial charge in [-0.15, -0.1) is 0 Å². The molecule has 0 aromatic rings. The summed E-state index contributed by atoms with van der Waals surface area (Å²) in [7, 11) is 0. The minimum Gasteiger partial charge on any atom is -0.481 e. The third-order valence-corrected chi connectivity index (χ3v) is 2.38.